The molecule has 0 aliphatic heterocycles. The third-order valence-electron chi connectivity index (χ3n) is 3.27. The van der Waals surface area contributed by atoms with Gasteiger partial charge in [0.25, 0.3) is 0 Å². The summed E-state index contributed by atoms with van der Waals surface area (Å²) >= 11 is 3.49. The van der Waals surface area contributed by atoms with Crippen LogP contribution < -0.4 is 14.2 Å². The highest BCUT2D eigenvalue weighted by Crippen LogP contribution is 2.30. The maximum absolute atomic E-state index is 5.99. The van der Waals surface area contributed by atoms with Crippen molar-refractivity contribution in [3.63, 3.8) is 0 Å². The van der Waals surface area contributed by atoms with Gasteiger partial charge in [0.05, 0.1) is 14.2 Å². The summed E-state index contributed by atoms with van der Waals surface area (Å²) in [6, 6.07) is 12.0. The molecule has 0 heterocycles. The highest BCUT2D eigenvalue weighted by atomic mass is 79.9. The van der Waals surface area contributed by atoms with E-state index in [2.05, 4.69) is 35.0 Å². The van der Waals surface area contributed by atoms with Crippen molar-refractivity contribution in [2.75, 3.05) is 14.2 Å². The second-order valence-corrected chi connectivity index (χ2v) is 5.24. The van der Waals surface area contributed by atoms with Crippen molar-refractivity contribution in [1.29, 1.82) is 0 Å². The highest BCUT2D eigenvalue weighted by molar-refractivity contribution is 9.08. The average Bonchev–Trinajstić information content (AvgIpc) is 2.53. The first-order chi connectivity index (χ1) is 10.2. The lowest BCUT2D eigenvalue weighted by Gasteiger charge is -2.14. The molecule has 4 heteroatoms. The highest BCUT2D eigenvalue weighted by Gasteiger charge is 2.08. The molecule has 2 rings (SSSR count). The van der Waals surface area contributed by atoms with Crippen LogP contribution in [0.2, 0.25) is 0 Å². The molecule has 21 heavy (non-hydrogen) atoms. The van der Waals surface area contributed by atoms with E-state index in [4.69, 9.17) is 14.2 Å². The Morgan fingerprint density at radius 1 is 1.00 bits per heavy atom. The SMILES string of the molecule is COc1ccc(COc2c(C)cccc2CBr)cc1OC. The summed E-state index contributed by atoms with van der Waals surface area (Å²) in [4.78, 5) is 0. The molecule has 0 aromatic heterocycles. The van der Waals surface area contributed by atoms with E-state index >= 15 is 0 Å². The van der Waals surface area contributed by atoms with Gasteiger partial charge in [0, 0.05) is 10.9 Å². The molecule has 2 aromatic carbocycles. The Hall–Kier alpha value is -1.68. The smallest absolute Gasteiger partial charge is 0.161 e. The van der Waals surface area contributed by atoms with E-state index in [9.17, 15) is 0 Å². The Bertz CT molecular complexity index is 611. The van der Waals surface area contributed by atoms with Crippen LogP contribution in [-0.2, 0) is 11.9 Å². The van der Waals surface area contributed by atoms with Crippen LogP contribution in [0.3, 0.4) is 0 Å². The van der Waals surface area contributed by atoms with E-state index in [0.717, 1.165) is 33.5 Å². The van der Waals surface area contributed by atoms with Gasteiger partial charge in [-0.05, 0) is 30.2 Å². The van der Waals surface area contributed by atoms with Crippen LogP contribution in [0.25, 0.3) is 0 Å². The molecule has 3 nitrogen and oxygen atoms in total. The van der Waals surface area contributed by atoms with Gasteiger partial charge in [0.2, 0.25) is 0 Å². The minimum absolute atomic E-state index is 0.491. The normalized spacial score (nSPS) is 10.3. The zero-order valence-electron chi connectivity index (χ0n) is 12.5. The fourth-order valence-electron chi connectivity index (χ4n) is 2.15. The summed E-state index contributed by atoms with van der Waals surface area (Å²) in [5.41, 5.74) is 3.32. The van der Waals surface area contributed by atoms with Crippen molar-refractivity contribution in [3.8, 4) is 17.2 Å². The molecular weight excluding hydrogens is 332 g/mol. The third kappa shape index (κ3) is 3.70. The molecule has 0 saturated carbocycles. The quantitative estimate of drug-likeness (QED) is 0.718. The van der Waals surface area contributed by atoms with Crippen molar-refractivity contribution in [1.82, 2.24) is 0 Å². The first kappa shape index (κ1) is 15.7. The molecule has 0 saturated heterocycles. The molecule has 0 aliphatic carbocycles. The van der Waals surface area contributed by atoms with Crippen LogP contribution in [0.4, 0.5) is 0 Å². The van der Waals surface area contributed by atoms with Crippen molar-refractivity contribution in [3.05, 3.63) is 53.1 Å². The summed E-state index contributed by atoms with van der Waals surface area (Å²) in [5, 5.41) is 0.774. The molecule has 0 bridgehead atoms. The lowest BCUT2D eigenvalue weighted by molar-refractivity contribution is 0.299. The Balaban J connectivity index is 2.17. The Morgan fingerprint density at radius 3 is 2.43 bits per heavy atom. The van der Waals surface area contributed by atoms with Gasteiger partial charge in [-0.2, -0.15) is 0 Å². The number of para-hydroxylation sites is 1. The summed E-state index contributed by atoms with van der Waals surface area (Å²) in [6.07, 6.45) is 0. The first-order valence-electron chi connectivity index (χ1n) is 6.67. The number of halogens is 1. The minimum Gasteiger partial charge on any atom is -0.493 e. The molecule has 0 amide bonds. The third-order valence-corrected chi connectivity index (χ3v) is 3.87. The van der Waals surface area contributed by atoms with Gasteiger partial charge in [0.1, 0.15) is 12.4 Å². The maximum atomic E-state index is 5.99. The van der Waals surface area contributed by atoms with E-state index in [0.29, 0.717) is 12.4 Å². The summed E-state index contributed by atoms with van der Waals surface area (Å²) in [6.45, 7) is 2.54. The summed E-state index contributed by atoms with van der Waals surface area (Å²) < 4.78 is 16.5. The lowest BCUT2D eigenvalue weighted by atomic mass is 10.1. The molecule has 2 aromatic rings. The van der Waals surface area contributed by atoms with Gasteiger partial charge < -0.3 is 14.2 Å². The zero-order chi connectivity index (χ0) is 15.2. The van der Waals surface area contributed by atoms with Crippen molar-refractivity contribution in [2.45, 2.75) is 18.9 Å². The molecule has 112 valence electrons. The van der Waals surface area contributed by atoms with Crippen molar-refractivity contribution in [2.24, 2.45) is 0 Å². The number of aryl methyl sites for hydroxylation is 1. The maximum Gasteiger partial charge on any atom is 0.161 e. The fourth-order valence-corrected chi connectivity index (χ4v) is 2.59. The Kier molecular flexibility index (Phi) is 5.51. The van der Waals surface area contributed by atoms with Gasteiger partial charge in [-0.25, -0.2) is 0 Å². The molecule has 0 radical (unpaired) electrons. The van der Waals surface area contributed by atoms with Crippen LogP contribution >= 0.6 is 15.9 Å². The molecule has 0 aliphatic rings. The number of alkyl halides is 1. The van der Waals surface area contributed by atoms with Crippen molar-refractivity contribution >= 4 is 15.9 Å². The van der Waals surface area contributed by atoms with Crippen LogP contribution in [0.1, 0.15) is 16.7 Å². The van der Waals surface area contributed by atoms with Crippen LogP contribution in [0, 0.1) is 6.92 Å². The standard InChI is InChI=1S/C17H19BrO3/c1-12-5-4-6-14(10-18)17(12)21-11-13-7-8-15(19-2)16(9-13)20-3/h4-9H,10-11H2,1-3H3. The Labute approximate surface area is 134 Å². The predicted octanol–water partition coefficient (Wildman–Crippen LogP) is 4.49. The second kappa shape index (κ2) is 7.36. The molecule has 0 N–H and O–H groups in total. The topological polar surface area (TPSA) is 27.7 Å². The van der Waals surface area contributed by atoms with E-state index < -0.39 is 0 Å². The molecule has 0 unspecified atom stereocenters. The number of methoxy groups -OCH3 is 2. The van der Waals surface area contributed by atoms with E-state index in [1.165, 1.54) is 0 Å². The predicted molar refractivity (Wildman–Crippen MR) is 87.7 cm³/mol. The van der Waals surface area contributed by atoms with Gasteiger partial charge >= 0.3 is 0 Å². The van der Waals surface area contributed by atoms with Crippen molar-refractivity contribution < 1.29 is 14.2 Å². The Morgan fingerprint density at radius 2 is 1.76 bits per heavy atom. The fraction of sp³-hybridized carbons (Fsp3) is 0.294. The summed E-state index contributed by atoms with van der Waals surface area (Å²) in [5.74, 6) is 2.37. The average molecular weight is 351 g/mol. The monoisotopic (exact) mass is 350 g/mol. The minimum atomic E-state index is 0.491. The van der Waals surface area contributed by atoms with Crippen LogP contribution in [0.5, 0.6) is 17.2 Å². The number of hydrogen-bond acceptors (Lipinski definition) is 3. The van der Waals surface area contributed by atoms with Gasteiger partial charge in [-0.1, -0.05) is 40.2 Å². The van der Waals surface area contributed by atoms with E-state index in [1.807, 2.05) is 24.3 Å². The molecular formula is C17H19BrO3. The van der Waals surface area contributed by atoms with Gasteiger partial charge in [-0.15, -0.1) is 0 Å². The van der Waals surface area contributed by atoms with Gasteiger partial charge in [-0.3, -0.25) is 0 Å². The number of benzene rings is 2. The largest absolute Gasteiger partial charge is 0.493 e. The second-order valence-electron chi connectivity index (χ2n) is 4.67. The molecule has 0 fully saturated rings. The number of hydrogen-bond donors (Lipinski definition) is 0. The zero-order valence-corrected chi connectivity index (χ0v) is 14.1. The van der Waals surface area contributed by atoms with Gasteiger partial charge in [0.15, 0.2) is 11.5 Å². The van der Waals surface area contributed by atoms with Crippen LogP contribution in [0.15, 0.2) is 36.4 Å². The molecule has 0 atom stereocenters. The van der Waals surface area contributed by atoms with E-state index in [1.54, 1.807) is 14.2 Å². The summed E-state index contributed by atoms with van der Waals surface area (Å²) in [7, 11) is 3.26. The first-order valence-corrected chi connectivity index (χ1v) is 7.80. The van der Waals surface area contributed by atoms with Crippen LogP contribution in [-0.4, -0.2) is 14.2 Å². The molecule has 0 spiro atoms. The lowest BCUT2D eigenvalue weighted by Crippen LogP contribution is -2.00. The van der Waals surface area contributed by atoms with E-state index in [-0.39, 0.29) is 0 Å². The number of ether oxygens (including phenoxy) is 3. The number of rotatable bonds is 6.